The van der Waals surface area contributed by atoms with E-state index >= 15 is 0 Å². The van der Waals surface area contributed by atoms with Crippen molar-refractivity contribution in [2.45, 2.75) is 12.5 Å². The number of amides is 1. The number of carbonyl (C=O) groups excluding carboxylic acids is 1. The van der Waals surface area contributed by atoms with Crippen molar-refractivity contribution in [3.63, 3.8) is 0 Å². The number of benzene rings is 1. The van der Waals surface area contributed by atoms with Gasteiger partial charge in [-0.3, -0.25) is 4.79 Å². The molecule has 2 aliphatic heterocycles. The van der Waals surface area contributed by atoms with Crippen LogP contribution in [0.4, 0.5) is 0 Å². The highest BCUT2D eigenvalue weighted by Gasteiger charge is 2.35. The summed E-state index contributed by atoms with van der Waals surface area (Å²) in [4.78, 5) is 22.3. The maximum atomic E-state index is 12.9. The Morgan fingerprint density at radius 1 is 1.22 bits per heavy atom. The van der Waals surface area contributed by atoms with Gasteiger partial charge in [0.2, 0.25) is 0 Å². The predicted octanol–water partition coefficient (Wildman–Crippen LogP) is 2.62. The molecule has 0 radical (unpaired) electrons. The first kappa shape index (κ1) is 16.6. The molecule has 1 atom stereocenters. The van der Waals surface area contributed by atoms with Crippen molar-refractivity contribution in [2.24, 2.45) is 0 Å². The van der Waals surface area contributed by atoms with E-state index in [0.29, 0.717) is 11.4 Å². The zero-order valence-corrected chi connectivity index (χ0v) is 15.4. The van der Waals surface area contributed by atoms with Gasteiger partial charge < -0.3 is 19.9 Å². The van der Waals surface area contributed by atoms with Gasteiger partial charge in [-0.1, -0.05) is 11.6 Å². The van der Waals surface area contributed by atoms with Crippen molar-refractivity contribution in [1.29, 1.82) is 0 Å². The molecule has 0 spiro atoms. The van der Waals surface area contributed by atoms with Gasteiger partial charge in [-0.2, -0.15) is 0 Å². The highest BCUT2D eigenvalue weighted by Crippen LogP contribution is 2.43. The monoisotopic (exact) mass is 382 g/mol. The fourth-order valence-electron chi connectivity index (χ4n) is 3.95. The zero-order chi connectivity index (χ0) is 18.4. The molecular weight excluding hydrogens is 364 g/mol. The summed E-state index contributed by atoms with van der Waals surface area (Å²) < 4.78 is 6.19. The minimum Gasteiger partial charge on any atom is -0.479 e. The Kier molecular flexibility index (Phi) is 4.02. The Morgan fingerprint density at radius 2 is 2.07 bits per heavy atom. The molecule has 7 heteroatoms. The molecule has 1 amide bonds. The molecule has 1 saturated heterocycles. The molecule has 2 N–H and O–H groups in total. The quantitative estimate of drug-likeness (QED) is 0.714. The smallest absolute Gasteiger partial charge is 0.264 e. The minimum absolute atomic E-state index is 0.0521. The van der Waals surface area contributed by atoms with Crippen molar-refractivity contribution < 1.29 is 9.53 Å². The van der Waals surface area contributed by atoms with Crippen LogP contribution in [0.2, 0.25) is 5.02 Å². The fraction of sp³-hybridized carbons (Fsp3) is 0.300. The lowest BCUT2D eigenvalue weighted by Crippen LogP contribution is -2.50. The molecule has 0 saturated carbocycles. The van der Waals surface area contributed by atoms with E-state index in [1.54, 1.807) is 6.20 Å². The van der Waals surface area contributed by atoms with E-state index in [-0.39, 0.29) is 5.91 Å². The number of nitrogens with zero attached hydrogens (tertiary/aromatic N) is 2. The second-order valence-corrected chi connectivity index (χ2v) is 7.36. The Labute approximate surface area is 161 Å². The fourth-order valence-corrected chi connectivity index (χ4v) is 4.19. The molecule has 1 fully saturated rings. The van der Waals surface area contributed by atoms with E-state index in [2.05, 4.69) is 15.3 Å². The van der Waals surface area contributed by atoms with Crippen molar-refractivity contribution in [3.05, 3.63) is 47.2 Å². The largest absolute Gasteiger partial charge is 0.479 e. The van der Waals surface area contributed by atoms with Crippen LogP contribution in [0.3, 0.4) is 0 Å². The summed E-state index contributed by atoms with van der Waals surface area (Å²) in [5.74, 6) is 0.804. The number of aromatic amines is 1. The van der Waals surface area contributed by atoms with E-state index < -0.39 is 6.10 Å². The van der Waals surface area contributed by atoms with E-state index in [0.717, 1.165) is 59.7 Å². The Bertz CT molecular complexity index is 1030. The van der Waals surface area contributed by atoms with Crippen LogP contribution in [0.5, 0.6) is 5.75 Å². The Hall–Kier alpha value is -2.57. The second kappa shape index (κ2) is 6.55. The van der Waals surface area contributed by atoms with E-state index in [1.807, 2.05) is 35.4 Å². The van der Waals surface area contributed by atoms with Crippen molar-refractivity contribution in [2.75, 3.05) is 26.2 Å². The highest BCUT2D eigenvalue weighted by atomic mass is 35.5. The molecule has 138 valence electrons. The summed E-state index contributed by atoms with van der Waals surface area (Å²) in [6.45, 7) is 3.09. The number of fused-ring (bicyclic) bond motifs is 2. The van der Waals surface area contributed by atoms with Crippen LogP contribution < -0.4 is 10.1 Å². The second-order valence-electron chi connectivity index (χ2n) is 6.93. The number of rotatable bonds is 2. The molecule has 2 aliphatic rings. The van der Waals surface area contributed by atoms with Crippen LogP contribution in [0.1, 0.15) is 5.56 Å². The summed E-state index contributed by atoms with van der Waals surface area (Å²) in [7, 11) is 0. The van der Waals surface area contributed by atoms with Crippen LogP contribution in [-0.4, -0.2) is 53.1 Å². The predicted molar refractivity (Wildman–Crippen MR) is 104 cm³/mol. The first-order valence-corrected chi connectivity index (χ1v) is 9.49. The third-order valence-corrected chi connectivity index (χ3v) is 5.47. The topological polar surface area (TPSA) is 70.2 Å². The number of piperazine rings is 1. The van der Waals surface area contributed by atoms with Gasteiger partial charge in [-0.05, 0) is 29.8 Å². The van der Waals surface area contributed by atoms with Crippen molar-refractivity contribution in [3.8, 4) is 16.9 Å². The molecule has 1 aromatic carbocycles. The van der Waals surface area contributed by atoms with Gasteiger partial charge in [0, 0.05) is 66.5 Å². The standard InChI is InChI=1S/C20H19ClN4O2/c21-13-9-12-10-17(20(26)25-7-5-22-6-8-25)27-18(12)16(11-13)14-1-3-23-19-15(14)2-4-24-19/h1-4,9,11,17,22H,5-8,10H2,(H,23,24). The average Bonchev–Trinajstić information content (AvgIpc) is 3.34. The summed E-state index contributed by atoms with van der Waals surface area (Å²) in [5, 5.41) is 4.91. The molecule has 0 bridgehead atoms. The summed E-state index contributed by atoms with van der Waals surface area (Å²) >= 11 is 6.40. The van der Waals surface area contributed by atoms with Crippen LogP contribution >= 0.6 is 11.6 Å². The molecule has 5 rings (SSSR count). The lowest BCUT2D eigenvalue weighted by atomic mass is 9.99. The maximum absolute atomic E-state index is 12.9. The molecule has 6 nitrogen and oxygen atoms in total. The molecule has 27 heavy (non-hydrogen) atoms. The van der Waals surface area contributed by atoms with Gasteiger partial charge in [0.15, 0.2) is 6.10 Å². The van der Waals surface area contributed by atoms with E-state index in [4.69, 9.17) is 16.3 Å². The third kappa shape index (κ3) is 2.85. The first-order valence-electron chi connectivity index (χ1n) is 9.12. The van der Waals surface area contributed by atoms with E-state index in [1.165, 1.54) is 0 Å². The van der Waals surface area contributed by atoms with E-state index in [9.17, 15) is 4.79 Å². The highest BCUT2D eigenvalue weighted by molar-refractivity contribution is 6.31. The van der Waals surface area contributed by atoms with Crippen molar-refractivity contribution in [1.82, 2.24) is 20.2 Å². The van der Waals surface area contributed by atoms with Gasteiger partial charge in [0.1, 0.15) is 11.4 Å². The third-order valence-electron chi connectivity index (χ3n) is 5.25. The Balaban J connectivity index is 1.53. The number of hydrogen-bond acceptors (Lipinski definition) is 4. The minimum atomic E-state index is -0.487. The van der Waals surface area contributed by atoms with Gasteiger partial charge in [0.05, 0.1) is 0 Å². The molecule has 3 aromatic rings. The van der Waals surface area contributed by atoms with Crippen LogP contribution in [0.15, 0.2) is 36.7 Å². The first-order chi connectivity index (χ1) is 13.2. The molecular formula is C20H19ClN4O2. The SMILES string of the molecule is O=C(C1Cc2cc(Cl)cc(-c3ccnc4[nH]ccc34)c2O1)N1CCNCC1. The van der Waals surface area contributed by atoms with Gasteiger partial charge in [0.25, 0.3) is 5.91 Å². The van der Waals surface area contributed by atoms with Crippen LogP contribution in [0, 0.1) is 0 Å². The lowest BCUT2D eigenvalue weighted by molar-refractivity contribution is -0.138. The van der Waals surface area contributed by atoms with Gasteiger partial charge >= 0.3 is 0 Å². The summed E-state index contributed by atoms with van der Waals surface area (Å²) in [5.41, 5.74) is 3.69. The van der Waals surface area contributed by atoms with Crippen LogP contribution in [-0.2, 0) is 11.2 Å². The zero-order valence-electron chi connectivity index (χ0n) is 14.7. The number of nitrogens with one attached hydrogen (secondary N) is 2. The number of aromatic nitrogens is 2. The van der Waals surface area contributed by atoms with Crippen molar-refractivity contribution >= 4 is 28.5 Å². The summed E-state index contributed by atoms with van der Waals surface area (Å²) in [6.07, 6.45) is 3.69. The number of H-pyrrole nitrogens is 1. The lowest BCUT2D eigenvalue weighted by Gasteiger charge is -2.29. The Morgan fingerprint density at radius 3 is 2.93 bits per heavy atom. The molecule has 0 aliphatic carbocycles. The number of ether oxygens (including phenoxy) is 1. The molecule has 2 aromatic heterocycles. The number of hydrogen-bond donors (Lipinski definition) is 2. The maximum Gasteiger partial charge on any atom is 0.264 e. The number of pyridine rings is 1. The molecule has 1 unspecified atom stereocenters. The van der Waals surface area contributed by atoms with Crippen LogP contribution in [0.25, 0.3) is 22.2 Å². The van der Waals surface area contributed by atoms with Gasteiger partial charge in [-0.25, -0.2) is 4.98 Å². The number of halogens is 1. The summed E-state index contributed by atoms with van der Waals surface area (Å²) in [6, 6.07) is 7.75. The average molecular weight is 383 g/mol. The van der Waals surface area contributed by atoms with Gasteiger partial charge in [-0.15, -0.1) is 0 Å². The normalized spacial score (nSPS) is 19.1. The molecule has 4 heterocycles. The number of carbonyl (C=O) groups is 1.